The zero-order valence-corrected chi connectivity index (χ0v) is 13.4. The normalized spacial score (nSPS) is 11.8. The van der Waals surface area contributed by atoms with E-state index in [1.807, 2.05) is 18.2 Å². The third kappa shape index (κ3) is 5.00. The lowest BCUT2D eigenvalue weighted by atomic mass is 10.1. The van der Waals surface area contributed by atoms with Crippen LogP contribution in [0.2, 0.25) is 0 Å². The van der Waals surface area contributed by atoms with E-state index in [4.69, 9.17) is 21.4 Å². The average Bonchev–Trinajstić information content (AvgIpc) is 2.39. The van der Waals surface area contributed by atoms with Gasteiger partial charge in [0.15, 0.2) is 0 Å². The van der Waals surface area contributed by atoms with Crippen molar-refractivity contribution in [1.29, 1.82) is 0 Å². The minimum atomic E-state index is -0.502. The van der Waals surface area contributed by atoms with Crippen LogP contribution in [0.3, 0.4) is 0 Å². The molecule has 1 aromatic carbocycles. The number of hydrogen-bond acceptors (Lipinski definition) is 3. The molecule has 4 nitrogen and oxygen atoms in total. The second kappa shape index (κ2) is 8.39. The largest absolute Gasteiger partial charge is 0.450 e. The molecular formula is C13H15ClINO3. The van der Waals surface area contributed by atoms with E-state index in [1.165, 1.54) is 0 Å². The average molecular weight is 396 g/mol. The van der Waals surface area contributed by atoms with Crippen molar-refractivity contribution in [2.75, 3.05) is 18.5 Å². The van der Waals surface area contributed by atoms with Crippen LogP contribution in [0.25, 0.3) is 3.58 Å². The minimum absolute atomic E-state index is 0.0151. The highest BCUT2D eigenvalue weighted by Gasteiger charge is 2.11. The van der Waals surface area contributed by atoms with Gasteiger partial charge in [0.1, 0.15) is 0 Å². The first-order chi connectivity index (χ1) is 9.10. The van der Waals surface area contributed by atoms with E-state index in [-0.39, 0.29) is 6.61 Å². The molecule has 0 fully saturated rings. The number of anilines is 1. The maximum absolute atomic E-state index is 11.5. The molecule has 0 aromatic heterocycles. The van der Waals surface area contributed by atoms with Crippen molar-refractivity contribution >= 4 is 49.6 Å². The van der Waals surface area contributed by atoms with Gasteiger partial charge in [-0.3, -0.25) is 5.32 Å². The zero-order chi connectivity index (χ0) is 14.3. The number of amides is 1. The Kier molecular flexibility index (Phi) is 7.19. The summed E-state index contributed by atoms with van der Waals surface area (Å²) in [6.07, 6.45) is -0.120. The molecule has 0 heterocycles. The van der Waals surface area contributed by atoms with Crippen LogP contribution in [0.5, 0.6) is 0 Å². The van der Waals surface area contributed by atoms with Crippen LogP contribution < -0.4 is 5.32 Å². The van der Waals surface area contributed by atoms with Gasteiger partial charge < -0.3 is 9.84 Å². The Balaban J connectivity index is 3.02. The van der Waals surface area contributed by atoms with Crippen LogP contribution in [-0.4, -0.2) is 24.4 Å². The lowest BCUT2D eigenvalue weighted by Crippen LogP contribution is -2.14. The standard InChI is InChI=1S/C13H15ClINO3/c1-2-19-13(18)16-11-6-4-3-5-9(11)12(15)10(14)7-8-17/h3-6,17H,2,7-8H2,1H3,(H,16,18)/b12-10+. The molecule has 1 amide bonds. The molecule has 0 spiro atoms. The van der Waals surface area contributed by atoms with Crippen LogP contribution in [0.15, 0.2) is 29.3 Å². The fourth-order valence-electron chi connectivity index (χ4n) is 1.41. The van der Waals surface area contributed by atoms with Crippen molar-refractivity contribution in [3.8, 4) is 0 Å². The SMILES string of the molecule is CCOC(=O)Nc1ccccc1/C(I)=C(\Cl)CCO. The van der Waals surface area contributed by atoms with Gasteiger partial charge in [0.05, 0.1) is 12.3 Å². The third-order valence-electron chi connectivity index (χ3n) is 2.25. The summed E-state index contributed by atoms with van der Waals surface area (Å²) in [5.41, 5.74) is 1.43. The number of ether oxygens (including phenoxy) is 1. The summed E-state index contributed by atoms with van der Waals surface area (Å²) in [5, 5.41) is 12.1. The van der Waals surface area contributed by atoms with Crippen LogP contribution in [0, 0.1) is 0 Å². The molecule has 0 aliphatic rings. The van der Waals surface area contributed by atoms with Gasteiger partial charge in [-0.2, -0.15) is 0 Å². The number of nitrogens with one attached hydrogen (secondary N) is 1. The van der Waals surface area contributed by atoms with E-state index in [1.54, 1.807) is 13.0 Å². The Hall–Kier alpha value is -0.790. The first-order valence-electron chi connectivity index (χ1n) is 5.78. The highest BCUT2D eigenvalue weighted by atomic mass is 127. The van der Waals surface area contributed by atoms with Gasteiger partial charge in [0.2, 0.25) is 0 Å². The van der Waals surface area contributed by atoms with E-state index >= 15 is 0 Å². The summed E-state index contributed by atoms with van der Waals surface area (Å²) >= 11 is 8.20. The smallest absolute Gasteiger partial charge is 0.411 e. The van der Waals surface area contributed by atoms with E-state index < -0.39 is 6.09 Å². The Morgan fingerprint density at radius 3 is 2.79 bits per heavy atom. The van der Waals surface area contributed by atoms with Crippen molar-refractivity contribution < 1.29 is 14.6 Å². The van der Waals surface area contributed by atoms with Crippen molar-refractivity contribution in [2.45, 2.75) is 13.3 Å². The fraction of sp³-hybridized carbons (Fsp3) is 0.308. The van der Waals surface area contributed by atoms with E-state index in [0.717, 1.165) is 9.14 Å². The maximum Gasteiger partial charge on any atom is 0.411 e. The molecule has 6 heteroatoms. The van der Waals surface area contributed by atoms with Gasteiger partial charge in [-0.1, -0.05) is 29.8 Å². The molecule has 1 rings (SSSR count). The van der Waals surface area contributed by atoms with Crippen molar-refractivity contribution in [2.24, 2.45) is 0 Å². The first-order valence-corrected chi connectivity index (χ1v) is 7.24. The number of rotatable bonds is 5. The van der Waals surface area contributed by atoms with Crippen LogP contribution in [-0.2, 0) is 4.74 Å². The molecule has 2 N–H and O–H groups in total. The molecule has 19 heavy (non-hydrogen) atoms. The Morgan fingerprint density at radius 1 is 1.47 bits per heavy atom. The Bertz CT molecular complexity index is 477. The quantitative estimate of drug-likeness (QED) is 0.742. The van der Waals surface area contributed by atoms with Crippen LogP contribution >= 0.6 is 34.2 Å². The van der Waals surface area contributed by atoms with Crippen molar-refractivity contribution in [3.63, 3.8) is 0 Å². The lowest BCUT2D eigenvalue weighted by molar-refractivity contribution is 0.168. The molecule has 0 atom stereocenters. The number of carbonyl (C=O) groups excluding carboxylic acids is 1. The molecular weight excluding hydrogens is 381 g/mol. The number of hydrogen-bond donors (Lipinski definition) is 2. The molecule has 0 radical (unpaired) electrons. The van der Waals surface area contributed by atoms with Gasteiger partial charge in [-0.05, 0) is 35.6 Å². The summed E-state index contributed by atoms with van der Waals surface area (Å²) < 4.78 is 5.64. The summed E-state index contributed by atoms with van der Waals surface area (Å²) in [6, 6.07) is 7.29. The monoisotopic (exact) mass is 395 g/mol. The van der Waals surface area contributed by atoms with E-state index in [9.17, 15) is 4.79 Å². The van der Waals surface area contributed by atoms with Gasteiger partial charge >= 0.3 is 6.09 Å². The number of aliphatic hydroxyl groups excluding tert-OH is 1. The van der Waals surface area contributed by atoms with Crippen LogP contribution in [0.1, 0.15) is 18.9 Å². The molecule has 104 valence electrons. The second-order valence-corrected chi connectivity index (χ2v) is 5.12. The number of benzene rings is 1. The third-order valence-corrected chi connectivity index (χ3v) is 4.17. The van der Waals surface area contributed by atoms with Gasteiger partial charge in [0, 0.05) is 27.2 Å². The predicted molar refractivity (Wildman–Crippen MR) is 85.6 cm³/mol. The van der Waals surface area contributed by atoms with Gasteiger partial charge in [0.25, 0.3) is 0 Å². The summed E-state index contributed by atoms with van der Waals surface area (Å²) in [4.78, 5) is 11.5. The summed E-state index contributed by atoms with van der Waals surface area (Å²) in [7, 11) is 0. The number of para-hydroxylation sites is 1. The number of halogens is 2. The Labute approximate surface area is 130 Å². The summed E-state index contributed by atoms with van der Waals surface area (Å²) in [5.74, 6) is 0. The van der Waals surface area contributed by atoms with E-state index in [0.29, 0.717) is 23.7 Å². The maximum atomic E-state index is 11.5. The van der Waals surface area contributed by atoms with Gasteiger partial charge in [-0.15, -0.1) is 0 Å². The molecule has 0 saturated carbocycles. The predicted octanol–water partition coefficient (Wildman–Crippen LogP) is 3.98. The highest BCUT2D eigenvalue weighted by Crippen LogP contribution is 2.34. The van der Waals surface area contributed by atoms with E-state index in [2.05, 4.69) is 27.9 Å². The second-order valence-electron chi connectivity index (χ2n) is 3.58. The topological polar surface area (TPSA) is 58.6 Å². The molecule has 0 aliphatic carbocycles. The fourth-order valence-corrected chi connectivity index (χ4v) is 2.34. The Morgan fingerprint density at radius 2 is 2.16 bits per heavy atom. The van der Waals surface area contributed by atoms with Gasteiger partial charge in [-0.25, -0.2) is 4.79 Å². The molecule has 0 aliphatic heterocycles. The zero-order valence-electron chi connectivity index (χ0n) is 10.5. The first kappa shape index (κ1) is 16.3. The molecule has 0 unspecified atom stereocenters. The molecule has 0 bridgehead atoms. The number of aliphatic hydroxyl groups is 1. The minimum Gasteiger partial charge on any atom is -0.450 e. The van der Waals surface area contributed by atoms with Crippen LogP contribution in [0.4, 0.5) is 10.5 Å². The highest BCUT2D eigenvalue weighted by molar-refractivity contribution is 14.1. The summed E-state index contributed by atoms with van der Waals surface area (Å²) in [6.45, 7) is 2.04. The lowest BCUT2D eigenvalue weighted by Gasteiger charge is -2.11. The molecule has 1 aromatic rings. The van der Waals surface area contributed by atoms with Crippen molar-refractivity contribution in [3.05, 3.63) is 34.9 Å². The number of carbonyl (C=O) groups is 1. The molecule has 0 saturated heterocycles. The van der Waals surface area contributed by atoms with Crippen molar-refractivity contribution in [1.82, 2.24) is 0 Å².